The van der Waals surface area contributed by atoms with Gasteiger partial charge in [-0.1, -0.05) is 26.0 Å². The summed E-state index contributed by atoms with van der Waals surface area (Å²) in [5.74, 6) is 1.19. The van der Waals surface area contributed by atoms with E-state index in [1.807, 2.05) is 12.1 Å². The van der Waals surface area contributed by atoms with E-state index in [1.165, 1.54) is 0 Å². The summed E-state index contributed by atoms with van der Waals surface area (Å²) in [5, 5.41) is 0. The first-order valence-corrected chi connectivity index (χ1v) is 7.79. The predicted molar refractivity (Wildman–Crippen MR) is 88.8 cm³/mol. The normalized spacial score (nSPS) is 19.7. The molecule has 0 aliphatic carbocycles. The van der Waals surface area contributed by atoms with Gasteiger partial charge in [0.25, 0.3) is 0 Å². The van der Waals surface area contributed by atoms with Crippen molar-refractivity contribution >= 4 is 12.6 Å². The van der Waals surface area contributed by atoms with Gasteiger partial charge in [-0.2, -0.15) is 0 Å². The highest BCUT2D eigenvalue weighted by Gasteiger charge is 2.51. The summed E-state index contributed by atoms with van der Waals surface area (Å²) in [6.45, 7) is 12.8. The summed E-state index contributed by atoms with van der Waals surface area (Å²) in [6.07, 6.45) is 0. The molecule has 0 N–H and O–H groups in total. The number of benzene rings is 1. The number of hydrogen-bond donors (Lipinski definition) is 0. The first kappa shape index (κ1) is 17.3. The van der Waals surface area contributed by atoms with Crippen LogP contribution in [0.25, 0.3) is 0 Å². The Morgan fingerprint density at radius 3 is 2.18 bits per heavy atom. The van der Waals surface area contributed by atoms with Gasteiger partial charge in [-0.05, 0) is 50.7 Å². The van der Waals surface area contributed by atoms with Crippen molar-refractivity contribution in [2.45, 2.75) is 58.7 Å². The number of ether oxygens (including phenoxy) is 2. The zero-order valence-corrected chi connectivity index (χ0v) is 14.7. The van der Waals surface area contributed by atoms with Gasteiger partial charge in [-0.25, -0.2) is 0 Å². The Labute approximate surface area is 134 Å². The molecule has 0 unspecified atom stereocenters. The van der Waals surface area contributed by atoms with Crippen LogP contribution < -0.4 is 10.2 Å². The van der Waals surface area contributed by atoms with Gasteiger partial charge < -0.3 is 18.8 Å². The van der Waals surface area contributed by atoms with Crippen molar-refractivity contribution < 1.29 is 18.8 Å². The van der Waals surface area contributed by atoms with E-state index in [1.54, 1.807) is 7.11 Å². The summed E-state index contributed by atoms with van der Waals surface area (Å²) in [7, 11) is 1.27. The molecular weight excluding hydrogens is 279 g/mol. The van der Waals surface area contributed by atoms with Gasteiger partial charge in [0.1, 0.15) is 5.75 Å². The number of methoxy groups -OCH3 is 1. The maximum absolute atomic E-state index is 6.12. The minimum atomic E-state index is -0.348. The number of rotatable bonds is 5. The van der Waals surface area contributed by atoms with Crippen LogP contribution in [0.15, 0.2) is 18.2 Å². The Morgan fingerprint density at radius 1 is 1.09 bits per heavy atom. The van der Waals surface area contributed by atoms with Crippen LogP contribution in [-0.4, -0.2) is 32.2 Å². The molecule has 1 fully saturated rings. The highest BCUT2D eigenvalue weighted by atomic mass is 16.7. The lowest BCUT2D eigenvalue weighted by Crippen LogP contribution is -2.41. The van der Waals surface area contributed by atoms with Crippen LogP contribution >= 0.6 is 0 Å². The van der Waals surface area contributed by atoms with Gasteiger partial charge >= 0.3 is 7.12 Å². The van der Waals surface area contributed by atoms with Crippen molar-refractivity contribution in [3.05, 3.63) is 23.8 Å². The second-order valence-corrected chi connectivity index (χ2v) is 7.09. The van der Waals surface area contributed by atoms with Crippen molar-refractivity contribution in [1.29, 1.82) is 0 Å². The fourth-order valence-electron chi connectivity index (χ4n) is 2.40. The molecule has 0 aromatic heterocycles. The summed E-state index contributed by atoms with van der Waals surface area (Å²) in [4.78, 5) is 0. The standard InChI is InChI=1S/C17H27BO4/c1-12(2)14-10-13(8-9-15(14)20-11-19-7)18-21-16(3,4)17(5,6)22-18/h8-10,12H,11H2,1-7H3. The lowest BCUT2D eigenvalue weighted by atomic mass is 9.77. The van der Waals surface area contributed by atoms with Crippen molar-refractivity contribution in [3.8, 4) is 5.75 Å². The Kier molecular flexibility index (Phi) is 4.90. The maximum atomic E-state index is 6.12. The molecule has 0 saturated carbocycles. The van der Waals surface area contributed by atoms with Crippen molar-refractivity contribution in [1.82, 2.24) is 0 Å². The van der Waals surface area contributed by atoms with E-state index in [2.05, 4.69) is 47.6 Å². The third-order valence-corrected chi connectivity index (χ3v) is 4.51. The molecule has 22 heavy (non-hydrogen) atoms. The minimum absolute atomic E-state index is 0.246. The van der Waals surface area contributed by atoms with Gasteiger partial charge in [0.05, 0.1) is 11.2 Å². The van der Waals surface area contributed by atoms with Gasteiger partial charge in [0.15, 0.2) is 6.79 Å². The van der Waals surface area contributed by atoms with Gasteiger partial charge in [0.2, 0.25) is 0 Å². The molecule has 1 aliphatic heterocycles. The van der Waals surface area contributed by atoms with E-state index < -0.39 is 0 Å². The third-order valence-electron chi connectivity index (χ3n) is 4.51. The van der Waals surface area contributed by atoms with Gasteiger partial charge in [-0.15, -0.1) is 0 Å². The Hall–Kier alpha value is -1.04. The van der Waals surface area contributed by atoms with E-state index in [9.17, 15) is 0 Å². The van der Waals surface area contributed by atoms with E-state index in [4.69, 9.17) is 18.8 Å². The molecule has 122 valence electrons. The Balaban J connectivity index is 2.28. The molecule has 0 radical (unpaired) electrons. The molecule has 1 heterocycles. The molecule has 0 bridgehead atoms. The molecule has 2 rings (SSSR count). The lowest BCUT2D eigenvalue weighted by molar-refractivity contribution is 0.00578. The zero-order valence-electron chi connectivity index (χ0n) is 14.7. The van der Waals surface area contributed by atoms with Gasteiger partial charge in [-0.3, -0.25) is 0 Å². The van der Waals surface area contributed by atoms with E-state index in [-0.39, 0.29) is 25.1 Å². The minimum Gasteiger partial charge on any atom is -0.467 e. The average molecular weight is 306 g/mol. The fourth-order valence-corrected chi connectivity index (χ4v) is 2.40. The largest absolute Gasteiger partial charge is 0.494 e. The van der Waals surface area contributed by atoms with Crippen LogP contribution in [0.1, 0.15) is 53.0 Å². The topological polar surface area (TPSA) is 36.9 Å². The van der Waals surface area contributed by atoms with Crippen LogP contribution in [0.3, 0.4) is 0 Å². The number of hydrogen-bond acceptors (Lipinski definition) is 4. The monoisotopic (exact) mass is 306 g/mol. The molecule has 1 saturated heterocycles. The molecule has 0 amide bonds. The molecule has 5 heteroatoms. The third kappa shape index (κ3) is 3.32. The summed E-state index contributed by atoms with van der Waals surface area (Å²) in [6, 6.07) is 6.07. The average Bonchev–Trinajstić information content (AvgIpc) is 2.65. The molecule has 1 aliphatic rings. The summed E-state index contributed by atoms with van der Waals surface area (Å²) < 4.78 is 22.9. The Morgan fingerprint density at radius 2 is 1.68 bits per heavy atom. The summed E-state index contributed by atoms with van der Waals surface area (Å²) >= 11 is 0. The van der Waals surface area contributed by atoms with Crippen LogP contribution in [0.4, 0.5) is 0 Å². The fraction of sp³-hybridized carbons (Fsp3) is 0.647. The molecule has 4 nitrogen and oxygen atoms in total. The molecule has 1 aromatic carbocycles. The van der Waals surface area contributed by atoms with Crippen LogP contribution in [0.5, 0.6) is 5.75 Å². The molecule has 1 aromatic rings. The van der Waals surface area contributed by atoms with Crippen LogP contribution in [-0.2, 0) is 14.0 Å². The van der Waals surface area contributed by atoms with Crippen LogP contribution in [0.2, 0.25) is 0 Å². The van der Waals surface area contributed by atoms with Crippen molar-refractivity contribution in [3.63, 3.8) is 0 Å². The molecule has 0 spiro atoms. The summed E-state index contributed by atoms with van der Waals surface area (Å²) in [5.41, 5.74) is 1.48. The first-order chi connectivity index (χ1) is 10.2. The van der Waals surface area contributed by atoms with E-state index in [0.29, 0.717) is 5.92 Å². The molecular formula is C17H27BO4. The van der Waals surface area contributed by atoms with Crippen LogP contribution in [0, 0.1) is 0 Å². The Bertz CT molecular complexity index is 509. The zero-order chi connectivity index (χ0) is 16.5. The lowest BCUT2D eigenvalue weighted by Gasteiger charge is -2.32. The van der Waals surface area contributed by atoms with Crippen molar-refractivity contribution in [2.75, 3.05) is 13.9 Å². The van der Waals surface area contributed by atoms with E-state index in [0.717, 1.165) is 16.8 Å². The maximum Gasteiger partial charge on any atom is 0.494 e. The second kappa shape index (κ2) is 6.22. The van der Waals surface area contributed by atoms with E-state index >= 15 is 0 Å². The predicted octanol–water partition coefficient (Wildman–Crippen LogP) is 3.09. The van der Waals surface area contributed by atoms with Crippen molar-refractivity contribution in [2.24, 2.45) is 0 Å². The highest BCUT2D eigenvalue weighted by molar-refractivity contribution is 6.62. The molecule has 0 atom stereocenters. The second-order valence-electron chi connectivity index (χ2n) is 7.09. The van der Waals surface area contributed by atoms with Gasteiger partial charge in [0, 0.05) is 7.11 Å². The quantitative estimate of drug-likeness (QED) is 0.619. The first-order valence-electron chi connectivity index (χ1n) is 7.79. The SMILES string of the molecule is COCOc1ccc(B2OC(C)(C)C(C)(C)O2)cc1C(C)C. The highest BCUT2D eigenvalue weighted by Crippen LogP contribution is 2.37. The smallest absolute Gasteiger partial charge is 0.467 e.